The van der Waals surface area contributed by atoms with E-state index >= 15 is 0 Å². The van der Waals surface area contributed by atoms with E-state index in [0.717, 1.165) is 25.7 Å². The van der Waals surface area contributed by atoms with Gasteiger partial charge in [-0.25, -0.2) is 4.79 Å². The van der Waals surface area contributed by atoms with Gasteiger partial charge in [-0.3, -0.25) is 19.3 Å². The highest BCUT2D eigenvalue weighted by Gasteiger charge is 2.49. The molecule has 1 aliphatic heterocycles. The number of carbonyl (C=O) groups is 4. The molecule has 0 radical (unpaired) electrons. The number of piperazine rings is 1. The minimum atomic E-state index is -0.974. The number of rotatable bonds is 10. The number of aliphatic carboxylic acids is 1. The van der Waals surface area contributed by atoms with Gasteiger partial charge < -0.3 is 24.8 Å². The van der Waals surface area contributed by atoms with E-state index in [9.17, 15) is 24.3 Å². The molecular formula is C25H37N3O7. The molecule has 0 aromatic heterocycles. The zero-order valence-electron chi connectivity index (χ0n) is 20.7. The second kappa shape index (κ2) is 12.8. The van der Waals surface area contributed by atoms with Crippen molar-refractivity contribution in [2.45, 2.75) is 52.0 Å². The van der Waals surface area contributed by atoms with Gasteiger partial charge in [0.15, 0.2) is 0 Å². The van der Waals surface area contributed by atoms with Crippen molar-refractivity contribution in [2.24, 2.45) is 23.7 Å². The molecule has 2 fully saturated rings. The number of hydrogen-bond donors (Lipinski definition) is 2. The molecule has 1 heterocycles. The highest BCUT2D eigenvalue weighted by atomic mass is 16.5. The molecule has 2 amide bonds. The van der Waals surface area contributed by atoms with Crippen molar-refractivity contribution in [3.63, 3.8) is 0 Å². The molecule has 0 aromatic rings. The number of carboxylic acids is 1. The lowest BCUT2D eigenvalue weighted by Crippen LogP contribution is -2.57. The van der Waals surface area contributed by atoms with Crippen LogP contribution < -0.4 is 5.32 Å². The van der Waals surface area contributed by atoms with Crippen LogP contribution in [0.25, 0.3) is 0 Å². The summed E-state index contributed by atoms with van der Waals surface area (Å²) in [5.74, 6) is 6.17. The van der Waals surface area contributed by atoms with Crippen LogP contribution in [0.3, 0.4) is 0 Å². The largest absolute Gasteiger partial charge is 0.480 e. The highest BCUT2D eigenvalue weighted by molar-refractivity contribution is 5.77. The summed E-state index contributed by atoms with van der Waals surface area (Å²) in [4.78, 5) is 51.1. The van der Waals surface area contributed by atoms with Gasteiger partial charge >= 0.3 is 18.0 Å². The monoisotopic (exact) mass is 491 g/mol. The second-order valence-corrected chi connectivity index (χ2v) is 9.84. The first kappa shape index (κ1) is 26.8. The number of fused-ring (bicyclic) bond motifs is 1. The summed E-state index contributed by atoms with van der Waals surface area (Å²) in [5, 5.41) is 11.8. The SMILES string of the molecule is CC(C)C(=O)OCC1CN(C(=O)CCNC(=O)OC[C@H]2[C@@H]3CCC#CCC[C@@H]32)CCN1CC(=O)O. The Labute approximate surface area is 206 Å². The van der Waals surface area contributed by atoms with Crippen molar-refractivity contribution in [3.05, 3.63) is 0 Å². The lowest BCUT2D eigenvalue weighted by molar-refractivity contribution is -0.151. The molecule has 4 atom stereocenters. The predicted octanol–water partition coefficient (Wildman–Crippen LogP) is 1.34. The molecule has 194 valence electrons. The van der Waals surface area contributed by atoms with Gasteiger partial charge in [0, 0.05) is 45.4 Å². The van der Waals surface area contributed by atoms with Crippen LogP contribution in [0.2, 0.25) is 0 Å². The Morgan fingerprint density at radius 1 is 1.03 bits per heavy atom. The van der Waals surface area contributed by atoms with E-state index in [-0.39, 0.29) is 50.5 Å². The number of alkyl carbamates (subject to hydrolysis) is 1. The molecule has 2 N–H and O–H groups in total. The number of esters is 1. The molecule has 35 heavy (non-hydrogen) atoms. The number of carboxylic acid groups (broad SMARTS) is 1. The summed E-state index contributed by atoms with van der Waals surface area (Å²) >= 11 is 0. The number of hydrogen-bond acceptors (Lipinski definition) is 7. The summed E-state index contributed by atoms with van der Waals surface area (Å²) in [6.07, 6.45) is 3.56. The molecule has 3 rings (SSSR count). The normalized spacial score (nSPS) is 25.9. The highest BCUT2D eigenvalue weighted by Crippen LogP contribution is 2.52. The third-order valence-corrected chi connectivity index (χ3v) is 7.04. The van der Waals surface area contributed by atoms with Crippen LogP contribution in [0.1, 0.15) is 46.0 Å². The van der Waals surface area contributed by atoms with Crippen LogP contribution in [0, 0.1) is 35.5 Å². The Hall–Kier alpha value is -2.80. The molecule has 3 aliphatic rings. The van der Waals surface area contributed by atoms with Crippen LogP contribution in [0.4, 0.5) is 4.79 Å². The fourth-order valence-electron chi connectivity index (χ4n) is 4.94. The Morgan fingerprint density at radius 2 is 1.71 bits per heavy atom. The molecule has 0 spiro atoms. The van der Waals surface area contributed by atoms with Crippen molar-refractivity contribution < 1.29 is 33.8 Å². The number of nitrogens with one attached hydrogen (secondary N) is 1. The van der Waals surface area contributed by atoms with Crippen molar-refractivity contribution in [3.8, 4) is 11.8 Å². The maximum Gasteiger partial charge on any atom is 0.407 e. The van der Waals surface area contributed by atoms with Crippen molar-refractivity contribution in [1.29, 1.82) is 0 Å². The van der Waals surface area contributed by atoms with Crippen molar-refractivity contribution >= 4 is 23.9 Å². The molecule has 1 saturated heterocycles. The number of nitrogens with zero attached hydrogens (tertiary/aromatic N) is 2. The van der Waals surface area contributed by atoms with Crippen LogP contribution in [-0.2, 0) is 23.9 Å². The van der Waals surface area contributed by atoms with Crippen LogP contribution >= 0.6 is 0 Å². The predicted molar refractivity (Wildman–Crippen MR) is 126 cm³/mol. The standard InChI is InChI=1S/C25H37N3O7/c1-17(2)24(32)34-15-18-13-28(12-11-27(18)14-23(30)31)22(29)9-10-26-25(33)35-16-21-19-7-5-3-4-6-8-20(19)21/h17-21H,5-16H2,1-2H3,(H,26,33)(H,30,31)/t18?,19-,20+,21+. The molecule has 10 heteroatoms. The lowest BCUT2D eigenvalue weighted by atomic mass is 10.1. The smallest absolute Gasteiger partial charge is 0.407 e. The molecule has 10 nitrogen and oxygen atoms in total. The summed E-state index contributed by atoms with van der Waals surface area (Å²) < 4.78 is 10.7. The second-order valence-electron chi connectivity index (χ2n) is 9.84. The average molecular weight is 492 g/mol. The van der Waals surface area contributed by atoms with Gasteiger partial charge in [-0.15, -0.1) is 11.8 Å². The van der Waals surface area contributed by atoms with Crippen LogP contribution in [0.15, 0.2) is 0 Å². The molecule has 1 saturated carbocycles. The lowest BCUT2D eigenvalue weighted by Gasteiger charge is -2.40. The Balaban J connectivity index is 1.37. The van der Waals surface area contributed by atoms with E-state index < -0.39 is 18.1 Å². The van der Waals surface area contributed by atoms with Gasteiger partial charge in [-0.05, 0) is 30.6 Å². The van der Waals surface area contributed by atoms with Gasteiger partial charge in [0.2, 0.25) is 5.91 Å². The third-order valence-electron chi connectivity index (χ3n) is 7.04. The first-order valence-corrected chi connectivity index (χ1v) is 12.5. The van der Waals surface area contributed by atoms with Crippen LogP contribution in [-0.4, -0.2) is 90.8 Å². The Bertz CT molecular complexity index is 832. The Kier molecular flexibility index (Phi) is 9.78. The molecule has 0 aromatic carbocycles. The average Bonchev–Trinajstić information content (AvgIpc) is 3.44. The van der Waals surface area contributed by atoms with Crippen LogP contribution in [0.5, 0.6) is 0 Å². The van der Waals surface area contributed by atoms with Gasteiger partial charge in [-0.2, -0.15) is 0 Å². The van der Waals surface area contributed by atoms with Gasteiger partial charge in [0.1, 0.15) is 6.61 Å². The van der Waals surface area contributed by atoms with E-state index in [2.05, 4.69) is 17.2 Å². The quantitative estimate of drug-likeness (QED) is 0.346. The first-order valence-electron chi connectivity index (χ1n) is 12.5. The van der Waals surface area contributed by atoms with E-state index in [4.69, 9.17) is 9.47 Å². The maximum atomic E-state index is 12.7. The van der Waals surface area contributed by atoms with E-state index in [1.54, 1.807) is 23.6 Å². The topological polar surface area (TPSA) is 125 Å². The molecular weight excluding hydrogens is 454 g/mol. The zero-order chi connectivity index (χ0) is 25.4. The van der Waals surface area contributed by atoms with Crippen molar-refractivity contribution in [1.82, 2.24) is 15.1 Å². The first-order chi connectivity index (χ1) is 16.8. The Morgan fingerprint density at radius 3 is 2.34 bits per heavy atom. The minimum absolute atomic E-state index is 0.0218. The van der Waals surface area contributed by atoms with E-state index in [1.165, 1.54) is 0 Å². The third kappa shape index (κ3) is 8.13. The van der Waals surface area contributed by atoms with Gasteiger partial charge in [0.05, 0.1) is 25.1 Å². The van der Waals surface area contributed by atoms with Crippen molar-refractivity contribution in [2.75, 3.05) is 45.9 Å². The molecule has 1 unspecified atom stereocenters. The molecule has 2 aliphatic carbocycles. The summed E-state index contributed by atoms with van der Waals surface area (Å²) in [6, 6.07) is -0.398. The number of ether oxygens (including phenoxy) is 2. The molecule has 0 bridgehead atoms. The fourth-order valence-corrected chi connectivity index (χ4v) is 4.94. The number of amides is 2. The van der Waals surface area contributed by atoms with Gasteiger partial charge in [0.25, 0.3) is 0 Å². The number of carbonyl (C=O) groups excluding carboxylic acids is 3. The summed E-state index contributed by atoms with van der Waals surface area (Å²) in [6.45, 7) is 4.84. The maximum absolute atomic E-state index is 12.7. The zero-order valence-corrected chi connectivity index (χ0v) is 20.7. The summed E-state index contributed by atoms with van der Waals surface area (Å²) in [7, 11) is 0. The van der Waals surface area contributed by atoms with Gasteiger partial charge in [-0.1, -0.05) is 13.8 Å². The fraction of sp³-hybridized carbons (Fsp3) is 0.760. The van der Waals surface area contributed by atoms with E-state index in [1.807, 2.05) is 0 Å². The minimum Gasteiger partial charge on any atom is -0.480 e. The van der Waals surface area contributed by atoms with E-state index in [0.29, 0.717) is 37.5 Å². The summed E-state index contributed by atoms with van der Waals surface area (Å²) in [5.41, 5.74) is 0.